The highest BCUT2D eigenvalue weighted by Gasteiger charge is 2.27. The molecule has 8 heteroatoms. The smallest absolute Gasteiger partial charge is 0.410 e. The zero-order chi connectivity index (χ0) is 22.6. The van der Waals surface area contributed by atoms with E-state index in [0.29, 0.717) is 19.8 Å². The summed E-state index contributed by atoms with van der Waals surface area (Å²) in [4.78, 5) is 19.1. The van der Waals surface area contributed by atoms with Crippen LogP contribution in [0.5, 0.6) is 0 Å². The largest absolute Gasteiger partial charge is 0.444 e. The Hall–Kier alpha value is -1.64. The molecule has 0 aromatic carbocycles. The molecule has 1 fully saturated rings. The van der Waals surface area contributed by atoms with Gasteiger partial charge in [-0.3, -0.25) is 0 Å². The monoisotopic (exact) mass is 448 g/mol. The molecule has 1 amide bonds. The van der Waals surface area contributed by atoms with Crippen LogP contribution in [0.15, 0.2) is 12.3 Å². The molecule has 2 aliphatic rings. The lowest BCUT2D eigenvalue weighted by molar-refractivity contribution is 0.0270. The molecule has 0 saturated carbocycles. The zero-order valence-corrected chi connectivity index (χ0v) is 21.2. The van der Waals surface area contributed by atoms with Gasteiger partial charge in [-0.1, -0.05) is 25.7 Å². The number of nitrogens with zero attached hydrogens (tertiary/aromatic N) is 3. The number of imidazole rings is 1. The summed E-state index contributed by atoms with van der Waals surface area (Å²) in [6.45, 7) is 16.4. The maximum atomic E-state index is 12.3. The van der Waals surface area contributed by atoms with Gasteiger partial charge in [-0.25, -0.2) is 9.78 Å². The first-order chi connectivity index (χ1) is 14.5. The number of nitrogens with one attached hydrogen (secondary N) is 1. The third-order valence-electron chi connectivity index (χ3n) is 5.60. The van der Waals surface area contributed by atoms with Gasteiger partial charge in [0, 0.05) is 34.0 Å². The van der Waals surface area contributed by atoms with Gasteiger partial charge in [-0.05, 0) is 58.2 Å². The van der Waals surface area contributed by atoms with E-state index in [9.17, 15) is 4.79 Å². The maximum absolute atomic E-state index is 12.3. The number of carbonyl (C=O) groups excluding carboxylic acids is 1. The molecule has 7 nitrogen and oxygen atoms in total. The van der Waals surface area contributed by atoms with Gasteiger partial charge in [0.2, 0.25) is 0 Å². The molecule has 0 bridgehead atoms. The van der Waals surface area contributed by atoms with E-state index in [4.69, 9.17) is 14.5 Å². The van der Waals surface area contributed by atoms with Crippen LogP contribution >= 0.6 is 0 Å². The highest BCUT2D eigenvalue weighted by atomic mass is 28.3. The highest BCUT2D eigenvalue weighted by molar-refractivity contribution is 6.76. The predicted octanol–water partition coefficient (Wildman–Crippen LogP) is 4.64. The van der Waals surface area contributed by atoms with Crippen molar-refractivity contribution < 1.29 is 14.3 Å². The summed E-state index contributed by atoms with van der Waals surface area (Å²) in [6, 6.07) is 1.45. The molecule has 31 heavy (non-hydrogen) atoms. The van der Waals surface area contributed by atoms with Crippen LogP contribution in [-0.4, -0.2) is 60.5 Å². The number of hydrogen-bond donors (Lipinski definition) is 1. The average molecular weight is 449 g/mol. The van der Waals surface area contributed by atoms with Crippen molar-refractivity contribution in [3.8, 4) is 0 Å². The molecule has 1 atom stereocenters. The minimum atomic E-state index is -1.10. The van der Waals surface area contributed by atoms with Crippen molar-refractivity contribution in [2.75, 3.05) is 26.2 Å². The lowest BCUT2D eigenvalue weighted by atomic mass is 10.1. The number of ether oxygens (including phenoxy) is 2. The van der Waals surface area contributed by atoms with Gasteiger partial charge >= 0.3 is 6.09 Å². The fourth-order valence-corrected chi connectivity index (χ4v) is 4.56. The Morgan fingerprint density at radius 2 is 2.10 bits per heavy atom. The first-order valence-electron chi connectivity index (χ1n) is 11.6. The van der Waals surface area contributed by atoms with E-state index in [1.165, 1.54) is 12.0 Å². The van der Waals surface area contributed by atoms with Crippen LogP contribution in [0.4, 0.5) is 4.79 Å². The molecule has 1 N–H and O–H groups in total. The topological polar surface area (TPSA) is 68.6 Å². The SMILES string of the molecule is CC(C)(C)OC(=O)N1CC=C(c2cn(COCC[Si](C)(C)C)c([C@@H]3CCCN3)n2)CC1. The van der Waals surface area contributed by atoms with Crippen molar-refractivity contribution >= 4 is 19.7 Å². The van der Waals surface area contributed by atoms with E-state index in [2.05, 4.69) is 41.8 Å². The van der Waals surface area contributed by atoms with Crippen LogP contribution < -0.4 is 5.32 Å². The van der Waals surface area contributed by atoms with Gasteiger partial charge in [0.1, 0.15) is 18.2 Å². The Bertz CT molecular complexity index is 786. The van der Waals surface area contributed by atoms with Gasteiger partial charge in [-0.15, -0.1) is 0 Å². The Kier molecular flexibility index (Phi) is 7.65. The van der Waals surface area contributed by atoms with Crippen LogP contribution in [0.1, 0.15) is 57.6 Å². The standard InChI is InChI=1S/C23H40N4O3Si/c1-23(2,3)30-22(28)26-12-9-18(10-13-26)20-16-27(17-29-14-15-31(4,5)6)21(25-20)19-8-7-11-24-19/h9,16,19,24H,7-8,10-15,17H2,1-6H3/t19-/m0/s1. The van der Waals surface area contributed by atoms with Crippen LogP contribution in [0.2, 0.25) is 25.7 Å². The van der Waals surface area contributed by atoms with E-state index >= 15 is 0 Å². The number of carbonyl (C=O) groups is 1. The summed E-state index contributed by atoms with van der Waals surface area (Å²) >= 11 is 0. The third-order valence-corrected chi connectivity index (χ3v) is 7.30. The second-order valence-corrected chi connectivity index (χ2v) is 16.5. The molecule has 3 rings (SSSR count). The zero-order valence-electron chi connectivity index (χ0n) is 20.2. The lowest BCUT2D eigenvalue weighted by Crippen LogP contribution is -2.39. The summed E-state index contributed by atoms with van der Waals surface area (Å²) in [5.41, 5.74) is 1.72. The number of hydrogen-bond acceptors (Lipinski definition) is 5. The minimum Gasteiger partial charge on any atom is -0.444 e. The molecular formula is C23H40N4O3Si. The van der Waals surface area contributed by atoms with Crippen molar-refractivity contribution in [3.05, 3.63) is 23.8 Å². The third kappa shape index (κ3) is 7.19. The summed E-state index contributed by atoms with van der Waals surface area (Å²) in [6.07, 6.45) is 7.05. The molecule has 0 spiro atoms. The van der Waals surface area contributed by atoms with Gasteiger partial charge in [0.15, 0.2) is 0 Å². The molecule has 1 aromatic rings. The molecule has 0 unspecified atom stereocenters. The molecule has 0 radical (unpaired) electrons. The first kappa shape index (κ1) is 24.0. The van der Waals surface area contributed by atoms with Crippen LogP contribution in [-0.2, 0) is 16.2 Å². The van der Waals surface area contributed by atoms with Crippen molar-refractivity contribution in [2.24, 2.45) is 0 Å². The maximum Gasteiger partial charge on any atom is 0.410 e. The lowest BCUT2D eigenvalue weighted by Gasteiger charge is -2.29. The van der Waals surface area contributed by atoms with Gasteiger partial charge in [-0.2, -0.15) is 0 Å². The van der Waals surface area contributed by atoms with Crippen LogP contribution in [0, 0.1) is 0 Å². The number of amides is 1. The minimum absolute atomic E-state index is 0.250. The van der Waals surface area contributed by atoms with Gasteiger partial charge in [0.25, 0.3) is 0 Å². The summed E-state index contributed by atoms with van der Waals surface area (Å²) in [5, 5.41) is 3.57. The van der Waals surface area contributed by atoms with E-state index in [1.807, 2.05) is 20.8 Å². The first-order valence-corrected chi connectivity index (χ1v) is 15.3. The quantitative estimate of drug-likeness (QED) is 0.486. The Morgan fingerprint density at radius 1 is 1.32 bits per heavy atom. The van der Waals surface area contributed by atoms with E-state index in [-0.39, 0.29) is 12.1 Å². The fourth-order valence-electron chi connectivity index (χ4n) is 3.81. The second-order valence-electron chi connectivity index (χ2n) is 10.9. The van der Waals surface area contributed by atoms with E-state index in [1.54, 1.807) is 4.90 Å². The van der Waals surface area contributed by atoms with Gasteiger partial charge < -0.3 is 24.3 Å². The molecule has 1 saturated heterocycles. The van der Waals surface area contributed by atoms with Crippen LogP contribution in [0.25, 0.3) is 5.57 Å². The molecule has 2 aliphatic heterocycles. The van der Waals surface area contributed by atoms with E-state index < -0.39 is 13.7 Å². The highest BCUT2D eigenvalue weighted by Crippen LogP contribution is 2.28. The molecule has 3 heterocycles. The molecule has 0 aliphatic carbocycles. The van der Waals surface area contributed by atoms with Crippen molar-refractivity contribution in [2.45, 2.75) is 84.1 Å². The molecule has 1 aromatic heterocycles. The van der Waals surface area contributed by atoms with Gasteiger partial charge in [0.05, 0.1) is 11.7 Å². The molecular weight excluding hydrogens is 408 g/mol. The summed E-state index contributed by atoms with van der Waals surface area (Å²) < 4.78 is 13.7. The number of aromatic nitrogens is 2. The Labute approximate surface area is 188 Å². The Balaban J connectivity index is 1.67. The molecule has 174 valence electrons. The van der Waals surface area contributed by atoms with Crippen LogP contribution in [0.3, 0.4) is 0 Å². The fraction of sp³-hybridized carbons (Fsp3) is 0.739. The second kappa shape index (κ2) is 9.88. The van der Waals surface area contributed by atoms with Crippen molar-refractivity contribution in [1.29, 1.82) is 0 Å². The van der Waals surface area contributed by atoms with Crippen molar-refractivity contribution in [3.63, 3.8) is 0 Å². The number of rotatable bonds is 7. The summed E-state index contributed by atoms with van der Waals surface area (Å²) in [7, 11) is -1.10. The summed E-state index contributed by atoms with van der Waals surface area (Å²) in [5.74, 6) is 1.07. The van der Waals surface area contributed by atoms with Crippen molar-refractivity contribution in [1.82, 2.24) is 19.8 Å². The predicted molar refractivity (Wildman–Crippen MR) is 127 cm³/mol. The normalized spacial score (nSPS) is 20.1. The average Bonchev–Trinajstić information content (AvgIpc) is 3.33. The van der Waals surface area contributed by atoms with E-state index in [0.717, 1.165) is 43.6 Å². The Morgan fingerprint density at radius 3 is 2.68 bits per heavy atom.